The second-order valence-corrected chi connectivity index (χ2v) is 6.10. The molecule has 0 fully saturated rings. The minimum Gasteiger partial charge on any atom is -0.457 e. The van der Waals surface area contributed by atoms with Crippen LogP contribution in [0.4, 0.5) is 0 Å². The van der Waals surface area contributed by atoms with Crippen LogP contribution in [0.1, 0.15) is 16.5 Å². The molecule has 5 heteroatoms. The average molecular weight is 429 g/mol. The van der Waals surface area contributed by atoms with Gasteiger partial charge in [0.05, 0.1) is 11.6 Å². The quantitative estimate of drug-likeness (QED) is 0.543. The van der Waals surface area contributed by atoms with E-state index in [-0.39, 0.29) is 5.38 Å². The van der Waals surface area contributed by atoms with Crippen LogP contribution in [-0.2, 0) is 0 Å². The summed E-state index contributed by atoms with van der Waals surface area (Å²) in [5.41, 5.74) is 1.92. The largest absolute Gasteiger partial charge is 0.457 e. The summed E-state index contributed by atoms with van der Waals surface area (Å²) in [6.45, 7) is 0. The molecule has 0 aliphatic carbocycles. The molecular weight excluding hydrogens is 423 g/mol. The summed E-state index contributed by atoms with van der Waals surface area (Å²) >= 11 is 16.7. The highest BCUT2D eigenvalue weighted by atomic mass is 79.9. The molecule has 0 aliphatic heterocycles. The number of halogens is 4. The van der Waals surface area contributed by atoms with E-state index in [9.17, 15) is 0 Å². The van der Waals surface area contributed by atoms with Gasteiger partial charge in [0.15, 0.2) is 4.67 Å². The normalized spacial score (nSPS) is 12.8. The third-order valence-electron chi connectivity index (χ3n) is 2.15. The lowest BCUT2D eigenvalue weighted by atomic mass is 10.1. The summed E-state index contributed by atoms with van der Waals surface area (Å²) in [6, 6.07) is 7.76. The Hall–Kier alpha value is 0.230. The van der Waals surface area contributed by atoms with Crippen LogP contribution in [0.15, 0.2) is 48.6 Å². The van der Waals surface area contributed by atoms with Crippen LogP contribution in [0.3, 0.4) is 0 Å². The Morgan fingerprint density at radius 1 is 1.06 bits per heavy atom. The van der Waals surface area contributed by atoms with Gasteiger partial charge in [0.2, 0.25) is 0 Å². The molecule has 0 spiro atoms. The Bertz CT molecular complexity index is 510. The van der Waals surface area contributed by atoms with E-state index in [2.05, 4.69) is 47.8 Å². The van der Waals surface area contributed by atoms with Crippen LogP contribution in [-0.4, -0.2) is 0 Å². The maximum absolute atomic E-state index is 6.41. The van der Waals surface area contributed by atoms with E-state index >= 15 is 0 Å². The van der Waals surface area contributed by atoms with Crippen molar-refractivity contribution in [1.82, 2.24) is 0 Å². The molecule has 0 aliphatic rings. The topological polar surface area (TPSA) is 13.1 Å². The predicted molar refractivity (Wildman–Crippen MR) is 75.9 cm³/mol. The van der Waals surface area contributed by atoms with Gasteiger partial charge in [-0.05, 0) is 45.8 Å². The molecule has 2 aromatic rings. The number of hydrogen-bond acceptors (Lipinski definition) is 1. The summed E-state index contributed by atoms with van der Waals surface area (Å²) in [6.07, 6.45) is 1.61. The molecule has 0 bridgehead atoms. The predicted octanol–water partition coefficient (Wildman–Crippen LogP) is 5.90. The molecule has 0 N–H and O–H groups in total. The molecule has 1 aromatic carbocycles. The number of hydrogen-bond donors (Lipinski definition) is 0. The number of alkyl halides is 1. The highest BCUT2D eigenvalue weighted by Crippen LogP contribution is 2.38. The lowest BCUT2D eigenvalue weighted by Crippen LogP contribution is -1.93. The summed E-state index contributed by atoms with van der Waals surface area (Å²) in [5.74, 6) is 0. The van der Waals surface area contributed by atoms with Crippen molar-refractivity contribution in [2.45, 2.75) is 5.38 Å². The van der Waals surface area contributed by atoms with Crippen LogP contribution in [0.5, 0.6) is 0 Å². The van der Waals surface area contributed by atoms with Crippen molar-refractivity contribution in [2.24, 2.45) is 0 Å². The van der Waals surface area contributed by atoms with Gasteiger partial charge in [-0.25, -0.2) is 0 Å². The van der Waals surface area contributed by atoms with Gasteiger partial charge < -0.3 is 4.42 Å². The first kappa shape index (κ1) is 12.7. The van der Waals surface area contributed by atoms with Crippen LogP contribution >= 0.6 is 59.4 Å². The highest BCUT2D eigenvalue weighted by molar-refractivity contribution is 9.11. The second kappa shape index (κ2) is 5.25. The lowest BCUT2D eigenvalue weighted by molar-refractivity contribution is 0.537. The lowest BCUT2D eigenvalue weighted by Gasteiger charge is -2.11. The van der Waals surface area contributed by atoms with Crippen LogP contribution in [0, 0.1) is 0 Å². The molecule has 16 heavy (non-hydrogen) atoms. The van der Waals surface area contributed by atoms with Gasteiger partial charge >= 0.3 is 0 Å². The molecule has 1 nitrogen and oxygen atoms in total. The molecule has 0 saturated carbocycles. The molecule has 84 valence electrons. The third kappa shape index (κ3) is 2.55. The summed E-state index contributed by atoms with van der Waals surface area (Å²) in [7, 11) is 0. The molecule has 0 saturated heterocycles. The van der Waals surface area contributed by atoms with Crippen LogP contribution in [0.25, 0.3) is 0 Å². The Morgan fingerprint density at radius 2 is 1.81 bits per heavy atom. The van der Waals surface area contributed by atoms with E-state index in [1.54, 1.807) is 6.26 Å². The standard InChI is InChI=1S/C11H6Br3ClO/c12-6-1-2-9(13)8(5-6)10(15)7-3-4-16-11(7)14/h1-5,10H. The smallest absolute Gasteiger partial charge is 0.173 e. The Morgan fingerprint density at radius 3 is 2.44 bits per heavy atom. The SMILES string of the molecule is ClC(c1cc(Br)ccc1Br)c1ccoc1Br. The molecule has 1 aromatic heterocycles. The van der Waals surface area contributed by atoms with Gasteiger partial charge in [-0.15, -0.1) is 11.6 Å². The van der Waals surface area contributed by atoms with Crippen molar-refractivity contribution < 1.29 is 4.42 Å². The summed E-state index contributed by atoms with van der Waals surface area (Å²) in [5, 5.41) is -0.250. The molecule has 1 atom stereocenters. The summed E-state index contributed by atoms with van der Waals surface area (Å²) in [4.78, 5) is 0. The van der Waals surface area contributed by atoms with Crippen molar-refractivity contribution >= 4 is 59.4 Å². The first-order chi connectivity index (χ1) is 7.59. The Kier molecular flexibility index (Phi) is 4.16. The van der Waals surface area contributed by atoms with Crippen molar-refractivity contribution in [3.05, 3.63) is 55.3 Å². The Labute approximate surface area is 124 Å². The van der Waals surface area contributed by atoms with Crippen molar-refractivity contribution in [2.75, 3.05) is 0 Å². The van der Waals surface area contributed by atoms with Gasteiger partial charge in [-0.1, -0.05) is 31.9 Å². The molecule has 2 rings (SSSR count). The van der Waals surface area contributed by atoms with E-state index in [1.807, 2.05) is 24.3 Å². The maximum Gasteiger partial charge on any atom is 0.173 e. The zero-order valence-corrected chi connectivity index (χ0v) is 13.4. The minimum atomic E-state index is -0.250. The number of benzene rings is 1. The van der Waals surface area contributed by atoms with Gasteiger partial charge in [-0.3, -0.25) is 0 Å². The van der Waals surface area contributed by atoms with Crippen molar-refractivity contribution in [1.29, 1.82) is 0 Å². The first-order valence-corrected chi connectivity index (χ1v) is 7.23. The zero-order valence-electron chi connectivity index (χ0n) is 7.88. The average Bonchev–Trinajstić information content (AvgIpc) is 2.67. The number of furan rings is 1. The molecule has 0 amide bonds. The van der Waals surface area contributed by atoms with Crippen LogP contribution < -0.4 is 0 Å². The van der Waals surface area contributed by atoms with Crippen LogP contribution in [0.2, 0.25) is 0 Å². The van der Waals surface area contributed by atoms with Gasteiger partial charge in [0, 0.05) is 14.5 Å². The molecule has 1 heterocycles. The number of rotatable bonds is 2. The van der Waals surface area contributed by atoms with E-state index in [0.29, 0.717) is 4.67 Å². The van der Waals surface area contributed by atoms with Crippen molar-refractivity contribution in [3.63, 3.8) is 0 Å². The highest BCUT2D eigenvalue weighted by Gasteiger charge is 2.18. The summed E-state index contributed by atoms with van der Waals surface area (Å²) < 4.78 is 7.82. The fourth-order valence-corrected chi connectivity index (χ4v) is 3.30. The van der Waals surface area contributed by atoms with Gasteiger partial charge in [0.25, 0.3) is 0 Å². The first-order valence-electron chi connectivity index (χ1n) is 4.41. The minimum absolute atomic E-state index is 0.250. The second-order valence-electron chi connectivity index (χ2n) is 3.18. The van der Waals surface area contributed by atoms with Crippen molar-refractivity contribution in [3.8, 4) is 0 Å². The van der Waals surface area contributed by atoms with Gasteiger partial charge in [0.1, 0.15) is 0 Å². The zero-order chi connectivity index (χ0) is 11.7. The van der Waals surface area contributed by atoms with E-state index in [0.717, 1.165) is 20.1 Å². The maximum atomic E-state index is 6.41. The van der Waals surface area contributed by atoms with E-state index < -0.39 is 0 Å². The fraction of sp³-hybridized carbons (Fsp3) is 0.0909. The molecular formula is C11H6Br3ClO. The van der Waals surface area contributed by atoms with E-state index in [4.69, 9.17) is 16.0 Å². The molecule has 1 unspecified atom stereocenters. The van der Waals surface area contributed by atoms with Gasteiger partial charge in [-0.2, -0.15) is 0 Å². The third-order valence-corrected chi connectivity index (χ3v) is 4.48. The Balaban J connectivity index is 2.45. The fourth-order valence-electron chi connectivity index (χ4n) is 1.36. The molecule has 0 radical (unpaired) electrons. The monoisotopic (exact) mass is 426 g/mol. The van der Waals surface area contributed by atoms with E-state index in [1.165, 1.54) is 0 Å².